The Balaban J connectivity index is 2.84. The van der Waals surface area contributed by atoms with Gasteiger partial charge in [-0.15, -0.1) is 0 Å². The Bertz CT molecular complexity index is 173. The first-order valence-corrected chi connectivity index (χ1v) is 2.91. The first-order valence-electron chi connectivity index (χ1n) is 2.28. The van der Waals surface area contributed by atoms with Crippen LogP contribution in [0.4, 0.5) is 5.88 Å². The molecule has 0 unspecified atom stereocenters. The molecule has 0 aromatic carbocycles. The fourth-order valence-corrected chi connectivity index (χ4v) is 0.649. The minimum atomic E-state index is 0.453. The molecule has 1 rings (SSSR count). The standard InChI is InChI=1S/C5H7NOS/c6-5-2-1-4(3-8)7-5/h1-2,8H,3,6H2. The highest BCUT2D eigenvalue weighted by molar-refractivity contribution is 7.79. The topological polar surface area (TPSA) is 39.2 Å². The number of hydrogen-bond donors (Lipinski definition) is 2. The van der Waals surface area contributed by atoms with Crippen LogP contribution in [0.3, 0.4) is 0 Å². The van der Waals surface area contributed by atoms with Gasteiger partial charge in [0, 0.05) is 11.8 Å². The lowest BCUT2D eigenvalue weighted by atomic mass is 10.5. The molecule has 2 N–H and O–H groups in total. The highest BCUT2D eigenvalue weighted by Crippen LogP contribution is 2.09. The Hall–Kier alpha value is -0.570. The molecule has 0 aliphatic rings. The van der Waals surface area contributed by atoms with Gasteiger partial charge in [-0.05, 0) is 6.07 Å². The lowest BCUT2D eigenvalue weighted by molar-refractivity contribution is 0.550. The van der Waals surface area contributed by atoms with E-state index in [4.69, 9.17) is 10.2 Å². The molecule has 0 saturated carbocycles. The van der Waals surface area contributed by atoms with Crippen molar-refractivity contribution < 1.29 is 4.42 Å². The Morgan fingerprint density at radius 3 is 2.62 bits per heavy atom. The van der Waals surface area contributed by atoms with Crippen molar-refractivity contribution >= 4 is 18.5 Å². The van der Waals surface area contributed by atoms with Crippen molar-refractivity contribution in [1.82, 2.24) is 0 Å². The van der Waals surface area contributed by atoms with Crippen molar-refractivity contribution in [2.45, 2.75) is 5.75 Å². The maximum atomic E-state index is 5.25. The molecule has 0 radical (unpaired) electrons. The third-order valence-corrected chi connectivity index (χ3v) is 1.15. The molecule has 44 valence electrons. The number of furan rings is 1. The summed E-state index contributed by atoms with van der Waals surface area (Å²) < 4.78 is 4.93. The second kappa shape index (κ2) is 2.13. The van der Waals surface area contributed by atoms with E-state index in [1.165, 1.54) is 0 Å². The molecule has 0 bridgehead atoms. The molecule has 0 saturated heterocycles. The van der Waals surface area contributed by atoms with E-state index in [1.807, 2.05) is 6.07 Å². The summed E-state index contributed by atoms with van der Waals surface area (Å²) in [5, 5.41) is 0. The zero-order valence-corrected chi connectivity index (χ0v) is 5.19. The van der Waals surface area contributed by atoms with Crippen LogP contribution in [0.2, 0.25) is 0 Å². The van der Waals surface area contributed by atoms with E-state index in [-0.39, 0.29) is 0 Å². The fourth-order valence-electron chi connectivity index (χ4n) is 0.479. The highest BCUT2D eigenvalue weighted by atomic mass is 32.1. The Kier molecular flexibility index (Phi) is 1.48. The normalized spacial score (nSPS) is 9.62. The molecule has 1 aromatic rings. The predicted molar refractivity (Wildman–Crippen MR) is 35.8 cm³/mol. The summed E-state index contributed by atoms with van der Waals surface area (Å²) in [7, 11) is 0. The molecule has 0 spiro atoms. The van der Waals surface area contributed by atoms with Crippen molar-refractivity contribution in [2.24, 2.45) is 0 Å². The third-order valence-electron chi connectivity index (χ3n) is 0.838. The average Bonchev–Trinajstić information content (AvgIpc) is 2.14. The van der Waals surface area contributed by atoms with Crippen LogP contribution in [-0.4, -0.2) is 0 Å². The van der Waals surface area contributed by atoms with Crippen molar-refractivity contribution in [1.29, 1.82) is 0 Å². The lowest BCUT2D eigenvalue weighted by Gasteiger charge is -1.82. The number of rotatable bonds is 1. The second-order valence-electron chi connectivity index (χ2n) is 1.46. The van der Waals surface area contributed by atoms with Crippen molar-refractivity contribution in [3.8, 4) is 0 Å². The smallest absolute Gasteiger partial charge is 0.190 e. The van der Waals surface area contributed by atoms with Crippen molar-refractivity contribution in [3.05, 3.63) is 17.9 Å². The van der Waals surface area contributed by atoms with Gasteiger partial charge in [0.05, 0.1) is 0 Å². The summed E-state index contributed by atoms with van der Waals surface area (Å²) in [6.45, 7) is 0. The molecule has 0 aliphatic carbocycles. The molecular weight excluding hydrogens is 122 g/mol. The van der Waals surface area contributed by atoms with Gasteiger partial charge < -0.3 is 10.2 Å². The monoisotopic (exact) mass is 129 g/mol. The Morgan fingerprint density at radius 2 is 2.38 bits per heavy atom. The van der Waals surface area contributed by atoms with Gasteiger partial charge in [0.1, 0.15) is 5.76 Å². The molecular formula is C5H7NOS. The van der Waals surface area contributed by atoms with Gasteiger partial charge in [-0.25, -0.2) is 0 Å². The van der Waals surface area contributed by atoms with Crippen LogP contribution in [0, 0.1) is 0 Å². The summed E-state index contributed by atoms with van der Waals surface area (Å²) in [5.41, 5.74) is 5.25. The predicted octanol–water partition coefficient (Wildman–Crippen LogP) is 1.29. The van der Waals surface area contributed by atoms with Gasteiger partial charge in [-0.2, -0.15) is 12.6 Å². The summed E-state index contributed by atoms with van der Waals surface area (Å²) in [6.07, 6.45) is 0. The van der Waals surface area contributed by atoms with Gasteiger partial charge in [-0.3, -0.25) is 0 Å². The summed E-state index contributed by atoms with van der Waals surface area (Å²) in [6, 6.07) is 3.52. The molecule has 0 amide bonds. The van der Waals surface area contributed by atoms with E-state index in [0.717, 1.165) is 5.76 Å². The quantitative estimate of drug-likeness (QED) is 0.561. The zero-order valence-electron chi connectivity index (χ0n) is 4.29. The molecule has 1 heterocycles. The van der Waals surface area contributed by atoms with Gasteiger partial charge in [-0.1, -0.05) is 0 Å². The van der Waals surface area contributed by atoms with Crippen LogP contribution >= 0.6 is 12.6 Å². The second-order valence-corrected chi connectivity index (χ2v) is 1.78. The zero-order chi connectivity index (χ0) is 5.98. The van der Waals surface area contributed by atoms with Crippen LogP contribution < -0.4 is 5.73 Å². The number of nitrogen functional groups attached to an aromatic ring is 1. The van der Waals surface area contributed by atoms with Crippen molar-refractivity contribution in [2.75, 3.05) is 5.73 Å². The van der Waals surface area contributed by atoms with Crippen molar-refractivity contribution in [3.63, 3.8) is 0 Å². The molecule has 0 aliphatic heterocycles. The summed E-state index contributed by atoms with van der Waals surface area (Å²) >= 11 is 3.97. The van der Waals surface area contributed by atoms with Crippen LogP contribution in [0.25, 0.3) is 0 Å². The van der Waals surface area contributed by atoms with E-state index in [2.05, 4.69) is 12.6 Å². The average molecular weight is 129 g/mol. The highest BCUT2D eigenvalue weighted by Gasteiger charge is 1.92. The number of anilines is 1. The van der Waals surface area contributed by atoms with Gasteiger partial charge in [0.2, 0.25) is 0 Å². The van der Waals surface area contributed by atoms with Crippen LogP contribution in [0.5, 0.6) is 0 Å². The van der Waals surface area contributed by atoms with Crippen LogP contribution in [0.1, 0.15) is 5.76 Å². The number of thiol groups is 1. The third kappa shape index (κ3) is 0.980. The molecule has 8 heavy (non-hydrogen) atoms. The minimum Gasteiger partial charge on any atom is -0.445 e. The van der Waals surface area contributed by atoms with Crippen LogP contribution in [-0.2, 0) is 5.75 Å². The number of nitrogens with two attached hydrogens (primary N) is 1. The molecule has 2 nitrogen and oxygen atoms in total. The maximum absolute atomic E-state index is 5.25. The SMILES string of the molecule is Nc1ccc(CS)o1. The lowest BCUT2D eigenvalue weighted by Crippen LogP contribution is -1.76. The van der Waals surface area contributed by atoms with Crippen LogP contribution in [0.15, 0.2) is 16.5 Å². The van der Waals surface area contributed by atoms with Gasteiger partial charge >= 0.3 is 0 Å². The Labute approximate surface area is 53.1 Å². The molecule has 3 heteroatoms. The van der Waals surface area contributed by atoms with Gasteiger partial charge in [0.25, 0.3) is 0 Å². The largest absolute Gasteiger partial charge is 0.445 e. The minimum absolute atomic E-state index is 0.453. The summed E-state index contributed by atoms with van der Waals surface area (Å²) in [4.78, 5) is 0. The fraction of sp³-hybridized carbons (Fsp3) is 0.200. The molecule has 1 aromatic heterocycles. The number of hydrogen-bond acceptors (Lipinski definition) is 3. The Morgan fingerprint density at radius 1 is 1.62 bits per heavy atom. The first kappa shape index (κ1) is 5.56. The summed E-state index contributed by atoms with van der Waals surface area (Å²) in [5.74, 6) is 1.87. The first-order chi connectivity index (χ1) is 3.83. The van der Waals surface area contributed by atoms with Gasteiger partial charge in [0.15, 0.2) is 5.88 Å². The maximum Gasteiger partial charge on any atom is 0.190 e. The molecule has 0 fully saturated rings. The van der Waals surface area contributed by atoms with E-state index in [0.29, 0.717) is 11.6 Å². The van der Waals surface area contributed by atoms with E-state index >= 15 is 0 Å². The molecule has 0 atom stereocenters. The van der Waals surface area contributed by atoms with E-state index in [9.17, 15) is 0 Å². The van der Waals surface area contributed by atoms with E-state index in [1.54, 1.807) is 6.07 Å². The van der Waals surface area contributed by atoms with E-state index < -0.39 is 0 Å².